The number of rotatable bonds is 8. The van der Waals surface area contributed by atoms with Crippen molar-refractivity contribution >= 4 is 36.4 Å². The number of hydrogen-bond donors (Lipinski definition) is 1. The maximum absolute atomic E-state index is 13.7. The van der Waals surface area contributed by atoms with Crippen LogP contribution in [0.25, 0.3) is 16.7 Å². The number of anilines is 3. The number of piperazine rings is 1. The molecule has 0 unspecified atom stereocenters. The fraction of sp³-hybridized carbons (Fsp3) is 0.417. The molecular weight excluding hydrogens is 561 g/mol. The number of fused-ring (bicyclic) bond motifs is 1. The Morgan fingerprint density at radius 2 is 1.50 bits per heavy atom. The minimum atomic E-state index is -2.01. The lowest BCUT2D eigenvalue weighted by Crippen LogP contribution is -2.46. The number of hydrogen-bond acceptors (Lipinski definition) is 6. The molecule has 2 aromatic carbocycles. The first-order chi connectivity index (χ1) is 21.1. The highest BCUT2D eigenvalue weighted by Crippen LogP contribution is 2.41. The third-order valence-electron chi connectivity index (χ3n) is 9.36. The van der Waals surface area contributed by atoms with Gasteiger partial charge in [-0.15, -0.1) is 5.54 Å². The van der Waals surface area contributed by atoms with Gasteiger partial charge in [-0.3, -0.25) is 9.36 Å². The Labute approximate surface area is 263 Å². The summed E-state index contributed by atoms with van der Waals surface area (Å²) in [6, 6.07) is 19.7. The highest BCUT2D eigenvalue weighted by atomic mass is 28.3. The van der Waals surface area contributed by atoms with Crippen molar-refractivity contribution in [3.05, 3.63) is 82.8 Å². The number of para-hydroxylation sites is 1. The Morgan fingerprint density at radius 1 is 0.864 bits per heavy atom. The van der Waals surface area contributed by atoms with Crippen molar-refractivity contribution in [1.82, 2.24) is 19.4 Å². The van der Waals surface area contributed by atoms with E-state index >= 15 is 0 Å². The molecule has 230 valence electrons. The summed E-state index contributed by atoms with van der Waals surface area (Å²) in [5, 5.41) is 4.14. The molecule has 1 N–H and O–H groups in total. The van der Waals surface area contributed by atoms with Gasteiger partial charge in [-0.1, -0.05) is 72.6 Å². The zero-order valence-electron chi connectivity index (χ0n) is 27.3. The molecule has 1 saturated heterocycles. The summed E-state index contributed by atoms with van der Waals surface area (Å²) in [7, 11) is -2.01. The minimum Gasteiger partial charge on any atom is -0.369 e. The van der Waals surface area contributed by atoms with E-state index in [9.17, 15) is 4.79 Å². The Morgan fingerprint density at radius 3 is 2.09 bits per heavy atom. The fourth-order valence-electron chi connectivity index (χ4n) is 6.91. The molecule has 3 heterocycles. The van der Waals surface area contributed by atoms with E-state index in [-0.39, 0.29) is 5.56 Å². The van der Waals surface area contributed by atoms with Gasteiger partial charge in [0.1, 0.15) is 8.07 Å². The van der Waals surface area contributed by atoms with Crippen LogP contribution in [0.3, 0.4) is 0 Å². The molecule has 2 aromatic heterocycles. The van der Waals surface area contributed by atoms with Crippen LogP contribution in [-0.2, 0) is 0 Å². The molecule has 0 spiro atoms. The van der Waals surface area contributed by atoms with Crippen LogP contribution in [0.4, 0.5) is 17.3 Å². The molecule has 1 fully saturated rings. The molecule has 44 heavy (non-hydrogen) atoms. The second-order valence-electron chi connectivity index (χ2n) is 12.7. The van der Waals surface area contributed by atoms with E-state index in [1.165, 1.54) is 5.69 Å². The average Bonchev–Trinajstić information content (AvgIpc) is 3.01. The Hall–Kier alpha value is -3.93. The summed E-state index contributed by atoms with van der Waals surface area (Å²) >= 11 is 0. The molecule has 4 aromatic rings. The van der Waals surface area contributed by atoms with Crippen LogP contribution in [0.2, 0.25) is 16.6 Å². The van der Waals surface area contributed by atoms with E-state index in [4.69, 9.17) is 9.97 Å². The number of aromatic nitrogens is 3. The summed E-state index contributed by atoms with van der Waals surface area (Å²) in [6.07, 6.45) is 1.80. The molecule has 0 radical (unpaired) electrons. The van der Waals surface area contributed by atoms with E-state index < -0.39 is 8.07 Å². The van der Waals surface area contributed by atoms with Gasteiger partial charge in [-0.25, -0.2) is 4.98 Å². The number of nitrogens with one attached hydrogen (secondary N) is 1. The molecule has 0 saturated carbocycles. The van der Waals surface area contributed by atoms with Gasteiger partial charge in [0, 0.05) is 55.4 Å². The molecule has 0 atom stereocenters. The Kier molecular flexibility index (Phi) is 9.57. The van der Waals surface area contributed by atoms with Gasteiger partial charge in [0.25, 0.3) is 5.56 Å². The smallest absolute Gasteiger partial charge is 0.258 e. The zero-order valence-corrected chi connectivity index (χ0v) is 28.3. The number of pyridine rings is 1. The van der Waals surface area contributed by atoms with Gasteiger partial charge in [0.2, 0.25) is 5.95 Å². The van der Waals surface area contributed by atoms with E-state index in [2.05, 4.69) is 99.3 Å². The van der Waals surface area contributed by atoms with Crippen molar-refractivity contribution < 1.29 is 0 Å². The predicted octanol–water partition coefficient (Wildman–Crippen LogP) is 7.24. The topological polar surface area (TPSA) is 66.3 Å². The second-order valence-corrected chi connectivity index (χ2v) is 18.3. The average molecular weight is 607 g/mol. The minimum absolute atomic E-state index is 0.156. The van der Waals surface area contributed by atoms with Gasteiger partial charge in [-0.2, -0.15) is 4.98 Å². The van der Waals surface area contributed by atoms with Crippen LogP contribution in [0.15, 0.2) is 71.7 Å². The first-order valence-electron chi connectivity index (χ1n) is 16.0. The van der Waals surface area contributed by atoms with Crippen LogP contribution >= 0.6 is 0 Å². The summed E-state index contributed by atoms with van der Waals surface area (Å²) in [4.78, 5) is 28.2. The van der Waals surface area contributed by atoms with E-state index in [0.29, 0.717) is 33.8 Å². The van der Waals surface area contributed by atoms with Crippen molar-refractivity contribution in [3.63, 3.8) is 0 Å². The molecule has 0 bridgehead atoms. The molecule has 7 nitrogen and oxygen atoms in total. The number of nitrogens with zero attached hydrogens (tertiary/aromatic N) is 5. The van der Waals surface area contributed by atoms with Crippen molar-refractivity contribution in [2.45, 2.75) is 65.1 Å². The van der Waals surface area contributed by atoms with Gasteiger partial charge in [0.15, 0.2) is 5.65 Å². The van der Waals surface area contributed by atoms with Gasteiger partial charge >= 0.3 is 0 Å². The third kappa shape index (κ3) is 6.31. The van der Waals surface area contributed by atoms with Crippen molar-refractivity contribution in [2.24, 2.45) is 0 Å². The standard InChI is InChI=1S/C36H46N6OSi/c1-8-40-19-21-41(22-20-40)31-16-14-30(15-17-31)38-36-37-25-33-29(18-23-44(26(2)3,27(4)5)28(6)7)24-34(43)42(35(33)39-36)32-12-10-9-11-13-32/h9-17,24-28H,8,19-22H2,1-7H3,(H,37,38,39). The van der Waals surface area contributed by atoms with Gasteiger partial charge < -0.3 is 15.1 Å². The normalized spacial score (nSPS) is 14.4. The third-order valence-corrected chi connectivity index (χ3v) is 15.7. The lowest BCUT2D eigenvalue weighted by atomic mass is 10.2. The molecule has 8 heteroatoms. The van der Waals surface area contributed by atoms with Crippen molar-refractivity contribution in [2.75, 3.05) is 42.9 Å². The molecule has 5 rings (SSSR count). The quantitative estimate of drug-likeness (QED) is 0.169. The highest BCUT2D eigenvalue weighted by Gasteiger charge is 2.41. The van der Waals surface area contributed by atoms with Crippen LogP contribution < -0.4 is 15.8 Å². The van der Waals surface area contributed by atoms with Crippen LogP contribution in [0, 0.1) is 11.5 Å². The molecule has 1 aliphatic rings. The monoisotopic (exact) mass is 606 g/mol. The maximum Gasteiger partial charge on any atom is 0.258 e. The van der Waals surface area contributed by atoms with Crippen molar-refractivity contribution in [3.8, 4) is 17.2 Å². The molecule has 1 aliphatic heterocycles. The molecular formula is C36H46N6OSi. The van der Waals surface area contributed by atoms with E-state index in [1.807, 2.05) is 30.3 Å². The predicted molar refractivity (Wildman–Crippen MR) is 187 cm³/mol. The van der Waals surface area contributed by atoms with E-state index in [1.54, 1.807) is 16.8 Å². The largest absolute Gasteiger partial charge is 0.369 e. The number of likely N-dealkylation sites (N-methyl/N-ethyl adjacent to an activating group) is 1. The zero-order chi connectivity index (χ0) is 31.4. The van der Waals surface area contributed by atoms with Crippen molar-refractivity contribution in [1.29, 1.82) is 0 Å². The van der Waals surface area contributed by atoms with Gasteiger partial charge in [-0.05, 0) is 59.6 Å². The Bertz CT molecular complexity index is 1670. The SMILES string of the molecule is CCN1CCN(c2ccc(Nc3ncc4c(C#C[Si](C(C)C)(C(C)C)C(C)C)cc(=O)n(-c5ccccc5)c4n3)cc2)CC1. The van der Waals surface area contributed by atoms with E-state index in [0.717, 1.165) is 49.5 Å². The summed E-state index contributed by atoms with van der Waals surface area (Å²) in [6.45, 7) is 21.4. The lowest BCUT2D eigenvalue weighted by molar-refractivity contribution is 0.271. The highest BCUT2D eigenvalue weighted by molar-refractivity contribution is 6.90. The van der Waals surface area contributed by atoms with Crippen LogP contribution in [0.1, 0.15) is 54.0 Å². The first kappa shape index (κ1) is 31.5. The molecule has 0 aliphatic carbocycles. The van der Waals surface area contributed by atoms with Crippen LogP contribution in [-0.4, -0.2) is 60.2 Å². The van der Waals surface area contributed by atoms with Crippen LogP contribution in [0.5, 0.6) is 0 Å². The number of benzene rings is 2. The van der Waals surface area contributed by atoms with Gasteiger partial charge in [0.05, 0.1) is 11.1 Å². The second kappa shape index (κ2) is 13.4. The Balaban J connectivity index is 1.54. The first-order valence-corrected chi connectivity index (χ1v) is 18.2. The maximum atomic E-state index is 13.7. The summed E-state index contributed by atoms with van der Waals surface area (Å²) in [5.41, 5.74) is 9.20. The summed E-state index contributed by atoms with van der Waals surface area (Å²) < 4.78 is 1.66. The fourth-order valence-corrected chi connectivity index (χ4v) is 12.1. The molecule has 0 amide bonds. The summed E-state index contributed by atoms with van der Waals surface area (Å²) in [5.74, 6) is 3.93. The lowest BCUT2D eigenvalue weighted by Gasteiger charge is -2.38.